The fraction of sp³-hybridized carbons (Fsp3) is 0. The van der Waals surface area contributed by atoms with Crippen molar-refractivity contribution in [1.29, 1.82) is 5.41 Å². The monoisotopic (exact) mass is 160 g/mol. The molecule has 4 heteroatoms. The summed E-state index contributed by atoms with van der Waals surface area (Å²) < 4.78 is 1.73. The van der Waals surface area contributed by atoms with Crippen molar-refractivity contribution >= 4 is 11.4 Å². The number of aromatic nitrogens is 2. The van der Waals surface area contributed by atoms with Crippen molar-refractivity contribution in [3.8, 4) is 0 Å². The molecule has 0 saturated carbocycles. The number of nitrogens with zero attached hydrogens (tertiary/aromatic N) is 2. The van der Waals surface area contributed by atoms with Crippen LogP contribution in [0.2, 0.25) is 0 Å². The Morgan fingerprint density at radius 1 is 1.50 bits per heavy atom. The van der Waals surface area contributed by atoms with Crippen LogP contribution in [-0.4, -0.2) is 15.4 Å². The summed E-state index contributed by atoms with van der Waals surface area (Å²) in [6.45, 7) is 0. The van der Waals surface area contributed by atoms with Gasteiger partial charge in [0.15, 0.2) is 0 Å². The zero-order valence-electron chi connectivity index (χ0n) is 6.36. The lowest BCUT2D eigenvalue weighted by atomic mass is 10.2. The van der Waals surface area contributed by atoms with Crippen molar-refractivity contribution in [2.45, 2.75) is 0 Å². The van der Waals surface area contributed by atoms with Crippen molar-refractivity contribution in [1.82, 2.24) is 9.61 Å². The molecule has 0 spiro atoms. The van der Waals surface area contributed by atoms with Crippen LogP contribution in [0.25, 0.3) is 5.52 Å². The van der Waals surface area contributed by atoms with Gasteiger partial charge < -0.3 is 5.73 Å². The highest BCUT2D eigenvalue weighted by Gasteiger charge is 1.97. The van der Waals surface area contributed by atoms with Crippen molar-refractivity contribution in [2.24, 2.45) is 5.73 Å². The van der Waals surface area contributed by atoms with Crippen LogP contribution < -0.4 is 5.73 Å². The van der Waals surface area contributed by atoms with Gasteiger partial charge in [0.1, 0.15) is 5.84 Å². The Morgan fingerprint density at radius 2 is 2.33 bits per heavy atom. The third-order valence-corrected chi connectivity index (χ3v) is 1.71. The van der Waals surface area contributed by atoms with Crippen LogP contribution in [-0.2, 0) is 0 Å². The first kappa shape index (κ1) is 6.84. The van der Waals surface area contributed by atoms with E-state index >= 15 is 0 Å². The Labute approximate surface area is 69.1 Å². The zero-order valence-corrected chi connectivity index (χ0v) is 6.36. The number of fused-ring (bicyclic) bond motifs is 1. The molecule has 0 aliphatic heterocycles. The molecule has 3 N–H and O–H groups in total. The Kier molecular flexibility index (Phi) is 1.33. The molecule has 12 heavy (non-hydrogen) atoms. The van der Waals surface area contributed by atoms with Crippen LogP contribution in [0.5, 0.6) is 0 Å². The molecule has 0 radical (unpaired) electrons. The second-order valence-electron chi connectivity index (χ2n) is 2.53. The number of amidine groups is 1. The van der Waals surface area contributed by atoms with Crippen molar-refractivity contribution in [3.63, 3.8) is 0 Å². The zero-order chi connectivity index (χ0) is 8.55. The highest BCUT2D eigenvalue weighted by molar-refractivity contribution is 5.95. The maximum atomic E-state index is 7.21. The summed E-state index contributed by atoms with van der Waals surface area (Å²) in [4.78, 5) is 0. The summed E-state index contributed by atoms with van der Waals surface area (Å²) in [6, 6.07) is 5.46. The van der Waals surface area contributed by atoms with Gasteiger partial charge in [0.05, 0.1) is 5.52 Å². The van der Waals surface area contributed by atoms with Gasteiger partial charge in [-0.1, -0.05) is 0 Å². The molecule has 0 aliphatic rings. The first-order chi connectivity index (χ1) is 5.77. The van der Waals surface area contributed by atoms with E-state index in [0.717, 1.165) is 11.1 Å². The summed E-state index contributed by atoms with van der Waals surface area (Å²) in [6.07, 6.45) is 3.49. The van der Waals surface area contributed by atoms with Crippen LogP contribution in [0, 0.1) is 5.41 Å². The van der Waals surface area contributed by atoms with Crippen LogP contribution >= 0.6 is 0 Å². The van der Waals surface area contributed by atoms with Gasteiger partial charge in [-0.15, -0.1) is 0 Å². The van der Waals surface area contributed by atoms with Gasteiger partial charge >= 0.3 is 0 Å². The number of nitrogen functional groups attached to an aromatic ring is 1. The van der Waals surface area contributed by atoms with Crippen LogP contribution in [0.3, 0.4) is 0 Å². The van der Waals surface area contributed by atoms with Gasteiger partial charge in [0.2, 0.25) is 0 Å². The molecule has 0 amide bonds. The summed E-state index contributed by atoms with van der Waals surface area (Å²) in [5.74, 6) is 0.0821. The average molecular weight is 160 g/mol. The molecule has 0 fully saturated rings. The predicted octanol–water partition coefficient (Wildman–Crippen LogP) is 0.618. The van der Waals surface area contributed by atoms with E-state index in [4.69, 9.17) is 11.1 Å². The Bertz CT molecular complexity index is 429. The Hall–Kier alpha value is -1.84. The van der Waals surface area contributed by atoms with Crippen LogP contribution in [0.1, 0.15) is 5.56 Å². The molecule has 2 aromatic heterocycles. The van der Waals surface area contributed by atoms with E-state index in [1.807, 2.05) is 12.1 Å². The topological polar surface area (TPSA) is 67.2 Å². The third-order valence-electron chi connectivity index (χ3n) is 1.71. The molecule has 0 aliphatic carbocycles. The standard InChI is InChI=1S/C8H8N4/c9-8(10)6-2-4-12-7(5-6)1-3-11-12/h1-5H,(H3,9,10). The van der Waals surface area contributed by atoms with Gasteiger partial charge in [-0.25, -0.2) is 4.52 Å². The molecule has 60 valence electrons. The smallest absolute Gasteiger partial charge is 0.122 e. The summed E-state index contributed by atoms with van der Waals surface area (Å²) in [5.41, 5.74) is 7.00. The maximum absolute atomic E-state index is 7.21. The lowest BCUT2D eigenvalue weighted by molar-refractivity contribution is 0.960. The minimum absolute atomic E-state index is 0.0821. The number of rotatable bonds is 1. The van der Waals surface area contributed by atoms with E-state index in [1.54, 1.807) is 23.0 Å². The number of pyridine rings is 1. The Morgan fingerprint density at radius 3 is 3.08 bits per heavy atom. The fourth-order valence-corrected chi connectivity index (χ4v) is 1.09. The van der Waals surface area contributed by atoms with E-state index in [9.17, 15) is 0 Å². The number of hydrogen-bond donors (Lipinski definition) is 2. The molecule has 4 nitrogen and oxygen atoms in total. The first-order valence-corrected chi connectivity index (χ1v) is 3.55. The minimum Gasteiger partial charge on any atom is -0.384 e. The van der Waals surface area contributed by atoms with Gasteiger partial charge in [0.25, 0.3) is 0 Å². The molecule has 2 rings (SSSR count). The molecular weight excluding hydrogens is 152 g/mol. The summed E-state index contributed by atoms with van der Waals surface area (Å²) in [5, 5.41) is 11.2. The molecule has 2 heterocycles. The Balaban J connectivity index is 2.68. The SMILES string of the molecule is N=C(N)c1ccn2nccc2c1. The normalized spacial score (nSPS) is 10.3. The quantitative estimate of drug-likeness (QED) is 0.474. The van der Waals surface area contributed by atoms with E-state index in [-0.39, 0.29) is 5.84 Å². The van der Waals surface area contributed by atoms with E-state index < -0.39 is 0 Å². The fourth-order valence-electron chi connectivity index (χ4n) is 1.09. The number of hydrogen-bond acceptors (Lipinski definition) is 2. The predicted molar refractivity (Wildman–Crippen MR) is 46.2 cm³/mol. The molecule has 0 bridgehead atoms. The number of nitrogens with one attached hydrogen (secondary N) is 1. The van der Waals surface area contributed by atoms with Gasteiger partial charge in [-0.05, 0) is 18.2 Å². The van der Waals surface area contributed by atoms with Crippen LogP contribution in [0.4, 0.5) is 0 Å². The first-order valence-electron chi connectivity index (χ1n) is 3.55. The van der Waals surface area contributed by atoms with Crippen molar-refractivity contribution in [2.75, 3.05) is 0 Å². The van der Waals surface area contributed by atoms with Gasteiger partial charge in [0, 0.05) is 18.0 Å². The third kappa shape index (κ3) is 0.934. The lowest BCUT2D eigenvalue weighted by Crippen LogP contribution is -2.11. The molecule has 2 aromatic rings. The molecule has 0 saturated heterocycles. The van der Waals surface area contributed by atoms with Gasteiger partial charge in [-0.2, -0.15) is 5.10 Å². The second kappa shape index (κ2) is 2.34. The maximum Gasteiger partial charge on any atom is 0.122 e. The molecule has 0 aromatic carbocycles. The molecular formula is C8H8N4. The van der Waals surface area contributed by atoms with Gasteiger partial charge in [-0.3, -0.25) is 5.41 Å². The van der Waals surface area contributed by atoms with Crippen molar-refractivity contribution in [3.05, 3.63) is 36.2 Å². The van der Waals surface area contributed by atoms with Crippen LogP contribution in [0.15, 0.2) is 30.6 Å². The second-order valence-corrected chi connectivity index (χ2v) is 2.53. The van der Waals surface area contributed by atoms with Crippen molar-refractivity contribution < 1.29 is 0 Å². The average Bonchev–Trinajstić information content (AvgIpc) is 2.49. The largest absolute Gasteiger partial charge is 0.384 e. The minimum atomic E-state index is 0.0821. The lowest BCUT2D eigenvalue weighted by Gasteiger charge is -1.97. The molecule has 0 atom stereocenters. The van der Waals surface area contributed by atoms with E-state index in [1.165, 1.54) is 0 Å². The number of nitrogens with two attached hydrogens (primary N) is 1. The highest BCUT2D eigenvalue weighted by Crippen LogP contribution is 2.04. The van der Waals surface area contributed by atoms with E-state index in [0.29, 0.717) is 0 Å². The summed E-state index contributed by atoms with van der Waals surface area (Å²) >= 11 is 0. The molecule has 0 unspecified atom stereocenters. The summed E-state index contributed by atoms with van der Waals surface area (Å²) in [7, 11) is 0. The van der Waals surface area contributed by atoms with E-state index in [2.05, 4.69) is 5.10 Å². The highest BCUT2D eigenvalue weighted by atomic mass is 15.2.